The number of anilines is 1. The molecule has 116 valence electrons. The van der Waals surface area contributed by atoms with Crippen molar-refractivity contribution in [3.8, 4) is 0 Å². The highest BCUT2D eigenvalue weighted by Crippen LogP contribution is 2.12. The van der Waals surface area contributed by atoms with Crippen LogP contribution < -0.4 is 11.1 Å². The zero-order chi connectivity index (χ0) is 15.1. The molecule has 1 aliphatic heterocycles. The van der Waals surface area contributed by atoms with Gasteiger partial charge in [-0.1, -0.05) is 11.6 Å². The molecule has 2 heterocycles. The van der Waals surface area contributed by atoms with Crippen LogP contribution in [0.1, 0.15) is 31.4 Å². The standard InChI is InChI=1S/C13H21N5O2S/c14-13-16-10(9-21-13)11(17-20)12(19)15-5-4-8-18-6-2-1-3-7-18/h9,20H,1-8H2,(H2,14,16)(H,15,19)/b17-11-. The predicted molar refractivity (Wildman–Crippen MR) is 82.8 cm³/mol. The van der Waals surface area contributed by atoms with Crippen molar-refractivity contribution in [3.63, 3.8) is 0 Å². The molecule has 4 N–H and O–H groups in total. The van der Waals surface area contributed by atoms with E-state index >= 15 is 0 Å². The van der Waals surface area contributed by atoms with Crippen LogP contribution in [0.25, 0.3) is 0 Å². The van der Waals surface area contributed by atoms with Crippen molar-refractivity contribution in [2.45, 2.75) is 25.7 Å². The van der Waals surface area contributed by atoms with Crippen molar-refractivity contribution in [2.24, 2.45) is 5.16 Å². The van der Waals surface area contributed by atoms with E-state index in [-0.39, 0.29) is 5.71 Å². The number of hydrogen-bond donors (Lipinski definition) is 3. The van der Waals surface area contributed by atoms with Crippen LogP contribution in [0.15, 0.2) is 10.5 Å². The molecular formula is C13H21N5O2S. The van der Waals surface area contributed by atoms with E-state index in [0.29, 0.717) is 17.4 Å². The van der Waals surface area contributed by atoms with Crippen LogP contribution in [-0.4, -0.2) is 52.9 Å². The minimum absolute atomic E-state index is 0.0964. The molecule has 0 bridgehead atoms. The highest BCUT2D eigenvalue weighted by Gasteiger charge is 2.17. The van der Waals surface area contributed by atoms with Crippen molar-refractivity contribution < 1.29 is 10.0 Å². The van der Waals surface area contributed by atoms with Crippen molar-refractivity contribution in [3.05, 3.63) is 11.1 Å². The van der Waals surface area contributed by atoms with Gasteiger partial charge in [-0.05, 0) is 38.9 Å². The Bertz CT molecular complexity index is 497. The third-order valence-corrected chi connectivity index (χ3v) is 4.14. The summed E-state index contributed by atoms with van der Waals surface area (Å²) in [5.74, 6) is -0.429. The van der Waals surface area contributed by atoms with Crippen molar-refractivity contribution in [2.75, 3.05) is 31.9 Å². The first-order valence-electron chi connectivity index (χ1n) is 7.14. The third-order valence-electron chi connectivity index (χ3n) is 3.47. The van der Waals surface area contributed by atoms with E-state index in [1.165, 1.54) is 30.6 Å². The fourth-order valence-corrected chi connectivity index (χ4v) is 2.93. The molecule has 0 radical (unpaired) electrons. The van der Waals surface area contributed by atoms with Crippen LogP contribution in [0.2, 0.25) is 0 Å². The van der Waals surface area contributed by atoms with Gasteiger partial charge in [-0.15, -0.1) is 11.3 Å². The van der Waals surface area contributed by atoms with Gasteiger partial charge in [0.2, 0.25) is 0 Å². The number of hydrogen-bond acceptors (Lipinski definition) is 7. The van der Waals surface area contributed by atoms with E-state index in [2.05, 4.69) is 20.4 Å². The number of likely N-dealkylation sites (tertiary alicyclic amines) is 1. The van der Waals surface area contributed by atoms with Crippen LogP contribution in [0.5, 0.6) is 0 Å². The Morgan fingerprint density at radius 1 is 1.48 bits per heavy atom. The van der Waals surface area contributed by atoms with Gasteiger partial charge in [0.15, 0.2) is 10.8 Å². The number of piperidine rings is 1. The number of nitrogen functional groups attached to an aromatic ring is 1. The number of nitrogens with zero attached hydrogens (tertiary/aromatic N) is 3. The molecule has 1 fully saturated rings. The maximum Gasteiger partial charge on any atom is 0.275 e. The predicted octanol–water partition coefficient (Wildman–Crippen LogP) is 0.896. The monoisotopic (exact) mass is 311 g/mol. The zero-order valence-electron chi connectivity index (χ0n) is 11.9. The number of thiazole rings is 1. The van der Waals surface area contributed by atoms with Gasteiger partial charge >= 0.3 is 0 Å². The molecule has 8 heteroatoms. The maximum absolute atomic E-state index is 11.9. The van der Waals surface area contributed by atoms with Gasteiger partial charge in [0.25, 0.3) is 5.91 Å². The summed E-state index contributed by atoms with van der Waals surface area (Å²) in [6, 6.07) is 0. The number of carbonyl (C=O) groups excluding carboxylic acids is 1. The Hall–Kier alpha value is -1.67. The lowest BCUT2D eigenvalue weighted by Gasteiger charge is -2.26. The molecule has 1 aliphatic rings. The molecule has 0 aliphatic carbocycles. The molecule has 1 aromatic rings. The van der Waals surface area contributed by atoms with Gasteiger partial charge < -0.3 is 21.2 Å². The Balaban J connectivity index is 1.73. The molecule has 2 rings (SSSR count). The van der Waals surface area contributed by atoms with E-state index in [0.717, 1.165) is 26.1 Å². The Labute approximate surface area is 127 Å². The van der Waals surface area contributed by atoms with Gasteiger partial charge in [-0.25, -0.2) is 4.98 Å². The molecule has 1 amide bonds. The molecular weight excluding hydrogens is 290 g/mol. The van der Waals surface area contributed by atoms with Crippen molar-refractivity contribution in [1.29, 1.82) is 0 Å². The number of carbonyl (C=O) groups is 1. The van der Waals surface area contributed by atoms with Crippen LogP contribution in [0.3, 0.4) is 0 Å². The van der Waals surface area contributed by atoms with Gasteiger partial charge in [-0.2, -0.15) is 0 Å². The topological polar surface area (TPSA) is 104 Å². The smallest absolute Gasteiger partial charge is 0.275 e. The van der Waals surface area contributed by atoms with E-state index in [1.54, 1.807) is 5.38 Å². The Morgan fingerprint density at radius 3 is 2.86 bits per heavy atom. The number of oxime groups is 1. The van der Waals surface area contributed by atoms with Crippen molar-refractivity contribution >= 4 is 28.1 Å². The van der Waals surface area contributed by atoms with Gasteiger partial charge in [-0.3, -0.25) is 4.79 Å². The fraction of sp³-hybridized carbons (Fsp3) is 0.615. The van der Waals surface area contributed by atoms with Gasteiger partial charge in [0.1, 0.15) is 5.69 Å². The number of amides is 1. The van der Waals surface area contributed by atoms with Crippen LogP contribution in [0, 0.1) is 0 Å². The summed E-state index contributed by atoms with van der Waals surface area (Å²) in [4.78, 5) is 18.3. The summed E-state index contributed by atoms with van der Waals surface area (Å²) in [5, 5.41) is 16.7. The summed E-state index contributed by atoms with van der Waals surface area (Å²) < 4.78 is 0. The number of rotatable bonds is 6. The maximum atomic E-state index is 11.9. The minimum atomic E-state index is -0.429. The normalized spacial score (nSPS) is 16.9. The number of aromatic nitrogens is 1. The SMILES string of the molecule is Nc1nc(/C(=N/O)C(=O)NCCCN2CCCCC2)cs1. The summed E-state index contributed by atoms with van der Waals surface area (Å²) >= 11 is 1.20. The van der Waals surface area contributed by atoms with Crippen LogP contribution in [0.4, 0.5) is 5.13 Å². The summed E-state index contributed by atoms with van der Waals surface area (Å²) in [7, 11) is 0. The fourth-order valence-electron chi connectivity index (χ4n) is 2.38. The van der Waals surface area contributed by atoms with E-state index < -0.39 is 5.91 Å². The molecule has 0 saturated carbocycles. The van der Waals surface area contributed by atoms with E-state index in [9.17, 15) is 4.79 Å². The number of nitrogens with one attached hydrogen (secondary N) is 1. The van der Waals surface area contributed by atoms with Gasteiger partial charge in [0, 0.05) is 11.9 Å². The average Bonchev–Trinajstić information content (AvgIpc) is 2.92. The first-order chi connectivity index (χ1) is 10.2. The molecule has 7 nitrogen and oxygen atoms in total. The van der Waals surface area contributed by atoms with Crippen LogP contribution in [-0.2, 0) is 4.79 Å². The largest absolute Gasteiger partial charge is 0.410 e. The van der Waals surface area contributed by atoms with Gasteiger partial charge in [0.05, 0.1) is 0 Å². The quantitative estimate of drug-likeness (QED) is 0.313. The lowest BCUT2D eigenvalue weighted by molar-refractivity contribution is -0.114. The molecule has 0 atom stereocenters. The lowest BCUT2D eigenvalue weighted by Crippen LogP contribution is -2.36. The third kappa shape index (κ3) is 4.68. The first-order valence-corrected chi connectivity index (χ1v) is 8.02. The molecule has 0 unspecified atom stereocenters. The second-order valence-electron chi connectivity index (χ2n) is 5.03. The summed E-state index contributed by atoms with van der Waals surface area (Å²) in [6.07, 6.45) is 4.72. The van der Waals surface area contributed by atoms with Crippen LogP contribution >= 0.6 is 11.3 Å². The molecule has 1 aromatic heterocycles. The Morgan fingerprint density at radius 2 is 2.24 bits per heavy atom. The second-order valence-corrected chi connectivity index (χ2v) is 5.92. The lowest BCUT2D eigenvalue weighted by atomic mass is 10.1. The average molecular weight is 311 g/mol. The van der Waals surface area contributed by atoms with E-state index in [1.807, 2.05) is 0 Å². The first kappa shape index (κ1) is 15.7. The number of nitrogens with two attached hydrogens (primary N) is 1. The molecule has 0 spiro atoms. The minimum Gasteiger partial charge on any atom is -0.410 e. The zero-order valence-corrected chi connectivity index (χ0v) is 12.7. The highest BCUT2D eigenvalue weighted by molar-refractivity contribution is 7.13. The summed E-state index contributed by atoms with van der Waals surface area (Å²) in [5.41, 5.74) is 5.71. The highest BCUT2D eigenvalue weighted by atomic mass is 32.1. The van der Waals surface area contributed by atoms with E-state index in [4.69, 9.17) is 10.9 Å². The molecule has 0 aromatic carbocycles. The summed E-state index contributed by atoms with van der Waals surface area (Å²) in [6.45, 7) is 3.83. The van der Waals surface area contributed by atoms with Crippen molar-refractivity contribution in [1.82, 2.24) is 15.2 Å². The second kappa shape index (κ2) is 7.94. The molecule has 1 saturated heterocycles. The molecule has 21 heavy (non-hydrogen) atoms. The Kier molecular flexibility index (Phi) is 5.94.